The van der Waals surface area contributed by atoms with Gasteiger partial charge in [-0.25, -0.2) is 0 Å². The lowest BCUT2D eigenvalue weighted by atomic mass is 9.56. The Kier molecular flexibility index (Phi) is 4.02. The largest absolute Gasteiger partial charge is 0.348 e. The average molecular weight is 336 g/mol. The zero-order valence-electron chi connectivity index (χ0n) is 13.2. The number of carbonyl (C=O) groups is 1. The van der Waals surface area contributed by atoms with E-state index in [0.29, 0.717) is 10.5 Å². The number of thiophene rings is 1. The van der Waals surface area contributed by atoms with Crippen molar-refractivity contribution in [1.82, 2.24) is 5.32 Å². The molecule has 0 aromatic carbocycles. The van der Waals surface area contributed by atoms with E-state index < -0.39 is 0 Å². The molecule has 4 bridgehead atoms. The van der Waals surface area contributed by atoms with Crippen LogP contribution in [0.3, 0.4) is 0 Å². The Balaban J connectivity index is 1.32. The third-order valence-corrected chi connectivity index (χ3v) is 8.41. The topological polar surface area (TPSA) is 29.1 Å². The molecule has 1 aromatic heterocycles. The maximum absolute atomic E-state index is 12.3. The van der Waals surface area contributed by atoms with Crippen molar-refractivity contribution in [2.75, 3.05) is 5.75 Å². The highest BCUT2D eigenvalue weighted by molar-refractivity contribution is 8.01. The van der Waals surface area contributed by atoms with Crippen LogP contribution in [0.1, 0.15) is 56.4 Å². The van der Waals surface area contributed by atoms with Gasteiger partial charge in [-0.1, -0.05) is 6.07 Å². The summed E-state index contributed by atoms with van der Waals surface area (Å²) in [4.78, 5) is 13.6. The van der Waals surface area contributed by atoms with Crippen LogP contribution in [0.5, 0.6) is 0 Å². The van der Waals surface area contributed by atoms with Crippen molar-refractivity contribution in [2.45, 2.75) is 56.2 Å². The van der Waals surface area contributed by atoms with Gasteiger partial charge in [0.2, 0.25) is 5.91 Å². The van der Waals surface area contributed by atoms with Crippen LogP contribution < -0.4 is 5.32 Å². The van der Waals surface area contributed by atoms with E-state index in [9.17, 15) is 4.79 Å². The molecule has 0 saturated heterocycles. The molecule has 2 nitrogen and oxygen atoms in total. The van der Waals surface area contributed by atoms with Gasteiger partial charge in [-0.2, -0.15) is 0 Å². The minimum atomic E-state index is 0.143. The maximum Gasteiger partial charge on any atom is 0.230 e. The van der Waals surface area contributed by atoms with E-state index in [0.717, 1.165) is 17.8 Å². The van der Waals surface area contributed by atoms with Crippen LogP contribution in [0.15, 0.2) is 17.5 Å². The Morgan fingerprint density at radius 3 is 2.50 bits per heavy atom. The van der Waals surface area contributed by atoms with Gasteiger partial charge in [-0.05, 0) is 74.6 Å². The van der Waals surface area contributed by atoms with Gasteiger partial charge in [0.05, 0.1) is 11.8 Å². The fourth-order valence-corrected chi connectivity index (χ4v) is 7.63. The van der Waals surface area contributed by atoms with Crippen LogP contribution in [0, 0.1) is 17.8 Å². The standard InChI is InChI=1S/C18H25NOS2/c1-12(16-3-2-4-21-16)19-17(20)11-22-18-8-13-5-14(9-18)7-15(6-13)10-18/h2-4,12-15H,5-11H2,1H3,(H,19,20)/t12-,13?,14?,15?,18?/m0/s1. The molecule has 0 radical (unpaired) electrons. The number of nitrogens with one attached hydrogen (secondary N) is 1. The summed E-state index contributed by atoms with van der Waals surface area (Å²) in [5.41, 5.74) is 0. The van der Waals surface area contributed by atoms with Crippen molar-refractivity contribution in [3.63, 3.8) is 0 Å². The molecule has 4 aliphatic carbocycles. The molecule has 4 heteroatoms. The Labute approximate surface area is 141 Å². The third-order valence-electron chi connectivity index (χ3n) is 5.84. The second-order valence-electron chi connectivity index (χ2n) is 7.69. The first-order valence-corrected chi connectivity index (χ1v) is 10.5. The summed E-state index contributed by atoms with van der Waals surface area (Å²) >= 11 is 3.69. The van der Waals surface area contributed by atoms with Gasteiger partial charge in [-0.3, -0.25) is 4.79 Å². The molecular weight excluding hydrogens is 310 g/mol. The molecule has 4 fully saturated rings. The van der Waals surface area contributed by atoms with Crippen LogP contribution in [0.25, 0.3) is 0 Å². The fourth-order valence-electron chi connectivity index (χ4n) is 5.32. The second kappa shape index (κ2) is 5.86. The smallest absolute Gasteiger partial charge is 0.230 e. The molecule has 1 atom stereocenters. The number of rotatable bonds is 5. The van der Waals surface area contributed by atoms with Crippen LogP contribution in [-0.4, -0.2) is 16.4 Å². The molecule has 1 aromatic rings. The van der Waals surface area contributed by atoms with E-state index in [-0.39, 0.29) is 11.9 Å². The van der Waals surface area contributed by atoms with E-state index in [2.05, 4.69) is 23.7 Å². The molecule has 4 aliphatic rings. The van der Waals surface area contributed by atoms with Crippen molar-refractivity contribution >= 4 is 29.0 Å². The lowest BCUT2D eigenvalue weighted by Crippen LogP contribution is -2.49. The fraction of sp³-hybridized carbons (Fsp3) is 0.722. The minimum Gasteiger partial charge on any atom is -0.348 e. The van der Waals surface area contributed by atoms with Crippen LogP contribution in [0.2, 0.25) is 0 Å². The SMILES string of the molecule is C[C@H](NC(=O)CSC12CC3CC(CC(C3)C1)C2)c1cccs1. The highest BCUT2D eigenvalue weighted by atomic mass is 32.2. The molecule has 1 amide bonds. The quantitative estimate of drug-likeness (QED) is 0.850. The number of thioether (sulfide) groups is 1. The van der Waals surface area contributed by atoms with Gasteiger partial charge >= 0.3 is 0 Å². The van der Waals surface area contributed by atoms with Gasteiger partial charge < -0.3 is 5.32 Å². The molecular formula is C18H25NOS2. The molecule has 1 heterocycles. The molecule has 0 spiro atoms. The zero-order chi connectivity index (χ0) is 15.2. The molecule has 0 unspecified atom stereocenters. The Bertz CT molecular complexity index is 504. The number of hydrogen-bond donors (Lipinski definition) is 1. The monoisotopic (exact) mass is 335 g/mol. The summed E-state index contributed by atoms with van der Waals surface area (Å²) in [7, 11) is 0. The molecule has 22 heavy (non-hydrogen) atoms. The maximum atomic E-state index is 12.3. The van der Waals surface area contributed by atoms with Crippen molar-refractivity contribution in [1.29, 1.82) is 0 Å². The van der Waals surface area contributed by atoms with Gasteiger partial charge in [0.1, 0.15) is 0 Å². The van der Waals surface area contributed by atoms with Gasteiger partial charge in [-0.15, -0.1) is 23.1 Å². The predicted octanol–water partition coefficient (Wildman–Crippen LogP) is 4.63. The lowest BCUT2D eigenvalue weighted by molar-refractivity contribution is -0.119. The van der Waals surface area contributed by atoms with E-state index in [1.165, 1.54) is 43.4 Å². The summed E-state index contributed by atoms with van der Waals surface area (Å²) in [5.74, 6) is 3.74. The van der Waals surface area contributed by atoms with Crippen LogP contribution in [0.4, 0.5) is 0 Å². The average Bonchev–Trinajstić information content (AvgIpc) is 2.98. The highest BCUT2D eigenvalue weighted by Gasteiger charge is 2.51. The first-order chi connectivity index (χ1) is 10.6. The van der Waals surface area contributed by atoms with Crippen LogP contribution in [-0.2, 0) is 4.79 Å². The first-order valence-electron chi connectivity index (χ1n) is 8.59. The number of carbonyl (C=O) groups excluding carboxylic acids is 1. The molecule has 5 rings (SSSR count). The van der Waals surface area contributed by atoms with Gasteiger partial charge in [0.25, 0.3) is 0 Å². The molecule has 0 aliphatic heterocycles. The highest BCUT2D eigenvalue weighted by Crippen LogP contribution is 2.60. The zero-order valence-corrected chi connectivity index (χ0v) is 14.8. The molecule has 1 N–H and O–H groups in total. The Hall–Kier alpha value is -0.480. The van der Waals surface area contributed by atoms with Crippen LogP contribution >= 0.6 is 23.1 Å². The minimum absolute atomic E-state index is 0.143. The van der Waals surface area contributed by atoms with E-state index in [4.69, 9.17) is 0 Å². The van der Waals surface area contributed by atoms with Gasteiger partial charge in [0, 0.05) is 9.62 Å². The van der Waals surface area contributed by atoms with E-state index >= 15 is 0 Å². The Morgan fingerprint density at radius 1 is 1.32 bits per heavy atom. The van der Waals surface area contributed by atoms with Crippen molar-refractivity contribution in [3.8, 4) is 0 Å². The van der Waals surface area contributed by atoms with Crippen molar-refractivity contribution in [2.24, 2.45) is 17.8 Å². The van der Waals surface area contributed by atoms with Crippen molar-refractivity contribution < 1.29 is 4.79 Å². The number of hydrogen-bond acceptors (Lipinski definition) is 3. The van der Waals surface area contributed by atoms with Gasteiger partial charge in [0.15, 0.2) is 0 Å². The van der Waals surface area contributed by atoms with E-state index in [1.807, 2.05) is 17.8 Å². The summed E-state index contributed by atoms with van der Waals surface area (Å²) in [5, 5.41) is 5.24. The molecule has 120 valence electrons. The predicted molar refractivity (Wildman–Crippen MR) is 94.2 cm³/mol. The van der Waals surface area contributed by atoms with Crippen molar-refractivity contribution in [3.05, 3.63) is 22.4 Å². The summed E-state index contributed by atoms with van der Waals surface area (Å²) in [6, 6.07) is 4.29. The third kappa shape index (κ3) is 2.96. The normalized spacial score (nSPS) is 37.2. The summed E-state index contributed by atoms with van der Waals surface area (Å²) < 4.78 is 0.443. The number of amides is 1. The second-order valence-corrected chi connectivity index (χ2v) is 10.1. The Morgan fingerprint density at radius 2 is 1.95 bits per heavy atom. The summed E-state index contributed by atoms with van der Waals surface area (Å²) in [6.07, 6.45) is 8.54. The summed E-state index contributed by atoms with van der Waals surface area (Å²) in [6.45, 7) is 2.08. The lowest BCUT2D eigenvalue weighted by Gasteiger charge is -2.56. The first kappa shape index (κ1) is 15.1. The van der Waals surface area contributed by atoms with E-state index in [1.54, 1.807) is 11.3 Å². The molecule has 4 saturated carbocycles.